The van der Waals surface area contributed by atoms with E-state index in [0.717, 1.165) is 12.1 Å². The molecular formula is C14H19NO. The maximum Gasteiger partial charge on any atom is 0.247 e. The Balaban J connectivity index is 2.47. The second kappa shape index (κ2) is 6.83. The van der Waals surface area contributed by atoms with E-state index in [9.17, 15) is 4.79 Å². The smallest absolute Gasteiger partial charge is 0.247 e. The standard InChI is InChI=1S/C14H19NO/c1-3-5-6-7-12-8-10-13(11-9-12)15-14(16)4-2/h4,8-11H,2-3,5-7H2,1H3,(H,15,16). The van der Waals surface area contributed by atoms with E-state index in [1.54, 1.807) is 0 Å². The highest BCUT2D eigenvalue weighted by Crippen LogP contribution is 2.12. The number of benzene rings is 1. The third kappa shape index (κ3) is 4.30. The Morgan fingerprint density at radius 1 is 1.31 bits per heavy atom. The summed E-state index contributed by atoms with van der Waals surface area (Å²) < 4.78 is 0. The molecule has 0 atom stereocenters. The topological polar surface area (TPSA) is 29.1 Å². The summed E-state index contributed by atoms with van der Waals surface area (Å²) in [5.74, 6) is -0.168. The van der Waals surface area contributed by atoms with Crippen LogP contribution in [-0.2, 0) is 11.2 Å². The Morgan fingerprint density at radius 3 is 2.56 bits per heavy atom. The zero-order valence-corrected chi connectivity index (χ0v) is 9.83. The molecule has 0 aliphatic carbocycles. The second-order valence-corrected chi connectivity index (χ2v) is 3.85. The van der Waals surface area contributed by atoms with E-state index in [1.807, 2.05) is 12.1 Å². The number of amides is 1. The van der Waals surface area contributed by atoms with Gasteiger partial charge in [0.05, 0.1) is 0 Å². The van der Waals surface area contributed by atoms with Crippen molar-refractivity contribution in [2.24, 2.45) is 0 Å². The lowest BCUT2D eigenvalue weighted by Gasteiger charge is -2.04. The highest BCUT2D eigenvalue weighted by Gasteiger charge is 1.97. The number of carbonyl (C=O) groups is 1. The highest BCUT2D eigenvalue weighted by molar-refractivity contribution is 5.98. The third-order valence-corrected chi connectivity index (χ3v) is 2.48. The van der Waals surface area contributed by atoms with Gasteiger partial charge in [-0.2, -0.15) is 0 Å². The predicted molar refractivity (Wildman–Crippen MR) is 68.5 cm³/mol. The van der Waals surface area contributed by atoms with E-state index in [1.165, 1.54) is 30.9 Å². The second-order valence-electron chi connectivity index (χ2n) is 3.85. The summed E-state index contributed by atoms with van der Waals surface area (Å²) in [6, 6.07) is 7.99. The van der Waals surface area contributed by atoms with E-state index in [0.29, 0.717) is 0 Å². The fraction of sp³-hybridized carbons (Fsp3) is 0.357. The van der Waals surface area contributed by atoms with Crippen LogP contribution in [-0.4, -0.2) is 5.91 Å². The summed E-state index contributed by atoms with van der Waals surface area (Å²) in [6.45, 7) is 5.61. The van der Waals surface area contributed by atoms with Crippen LogP contribution in [0.4, 0.5) is 5.69 Å². The van der Waals surface area contributed by atoms with Crippen molar-refractivity contribution in [3.05, 3.63) is 42.5 Å². The van der Waals surface area contributed by atoms with Gasteiger partial charge in [0, 0.05) is 5.69 Å². The lowest BCUT2D eigenvalue weighted by atomic mass is 10.1. The molecule has 0 aliphatic rings. The number of carbonyl (C=O) groups excluding carboxylic acids is 1. The number of nitrogens with one attached hydrogen (secondary N) is 1. The summed E-state index contributed by atoms with van der Waals surface area (Å²) in [5.41, 5.74) is 2.15. The molecule has 16 heavy (non-hydrogen) atoms. The molecule has 0 bridgehead atoms. The zero-order chi connectivity index (χ0) is 11.8. The minimum atomic E-state index is -0.168. The quantitative estimate of drug-likeness (QED) is 0.573. The Kier molecular flexibility index (Phi) is 5.34. The van der Waals surface area contributed by atoms with Gasteiger partial charge in [-0.25, -0.2) is 0 Å². The fourth-order valence-electron chi connectivity index (χ4n) is 1.53. The van der Waals surface area contributed by atoms with Crippen LogP contribution in [0.1, 0.15) is 31.7 Å². The van der Waals surface area contributed by atoms with E-state index < -0.39 is 0 Å². The summed E-state index contributed by atoms with van der Waals surface area (Å²) in [7, 11) is 0. The van der Waals surface area contributed by atoms with Crippen LogP contribution < -0.4 is 5.32 Å². The minimum Gasteiger partial charge on any atom is -0.323 e. The Morgan fingerprint density at radius 2 is 2.00 bits per heavy atom. The van der Waals surface area contributed by atoms with Crippen LogP contribution in [0.2, 0.25) is 0 Å². The Bertz CT molecular complexity index is 340. The van der Waals surface area contributed by atoms with Crippen LogP contribution >= 0.6 is 0 Å². The fourth-order valence-corrected chi connectivity index (χ4v) is 1.53. The molecule has 1 aromatic carbocycles. The molecule has 0 radical (unpaired) electrons. The molecule has 1 amide bonds. The van der Waals surface area contributed by atoms with Crippen molar-refractivity contribution in [3.63, 3.8) is 0 Å². The lowest BCUT2D eigenvalue weighted by molar-refractivity contribution is -0.111. The Labute approximate surface area is 97.4 Å². The largest absolute Gasteiger partial charge is 0.323 e. The van der Waals surface area contributed by atoms with Gasteiger partial charge >= 0.3 is 0 Å². The molecule has 0 unspecified atom stereocenters. The van der Waals surface area contributed by atoms with Gasteiger partial charge in [-0.15, -0.1) is 0 Å². The van der Waals surface area contributed by atoms with Crippen LogP contribution in [0.3, 0.4) is 0 Å². The van der Waals surface area contributed by atoms with Crippen LogP contribution in [0.15, 0.2) is 36.9 Å². The van der Waals surface area contributed by atoms with E-state index >= 15 is 0 Å². The normalized spacial score (nSPS) is 9.81. The number of rotatable bonds is 6. The molecule has 2 nitrogen and oxygen atoms in total. The number of aryl methyl sites for hydroxylation is 1. The summed E-state index contributed by atoms with van der Waals surface area (Å²) in [6.07, 6.45) is 6.13. The first-order valence-corrected chi connectivity index (χ1v) is 5.78. The lowest BCUT2D eigenvalue weighted by Crippen LogP contribution is -2.06. The molecule has 0 fully saturated rings. The highest BCUT2D eigenvalue weighted by atomic mass is 16.1. The monoisotopic (exact) mass is 217 g/mol. The molecule has 0 spiro atoms. The van der Waals surface area contributed by atoms with Gasteiger partial charge in [-0.05, 0) is 36.6 Å². The number of unbranched alkanes of at least 4 members (excludes halogenated alkanes) is 2. The molecule has 2 heteroatoms. The van der Waals surface area contributed by atoms with Gasteiger partial charge in [0.25, 0.3) is 0 Å². The summed E-state index contributed by atoms with van der Waals surface area (Å²) in [4.78, 5) is 11.0. The van der Waals surface area contributed by atoms with Crippen molar-refractivity contribution in [2.45, 2.75) is 32.6 Å². The van der Waals surface area contributed by atoms with Gasteiger partial charge in [0.1, 0.15) is 0 Å². The van der Waals surface area contributed by atoms with Crippen molar-refractivity contribution < 1.29 is 4.79 Å². The number of hydrogen-bond donors (Lipinski definition) is 1. The molecule has 1 rings (SSSR count). The molecule has 0 aliphatic heterocycles. The third-order valence-electron chi connectivity index (χ3n) is 2.48. The zero-order valence-electron chi connectivity index (χ0n) is 9.83. The maximum absolute atomic E-state index is 11.0. The average Bonchev–Trinajstić information content (AvgIpc) is 2.31. The van der Waals surface area contributed by atoms with Crippen LogP contribution in [0, 0.1) is 0 Å². The van der Waals surface area contributed by atoms with Gasteiger partial charge in [-0.1, -0.05) is 38.5 Å². The van der Waals surface area contributed by atoms with Crippen LogP contribution in [0.5, 0.6) is 0 Å². The predicted octanol–water partition coefficient (Wildman–Crippen LogP) is 3.54. The summed E-state index contributed by atoms with van der Waals surface area (Å²) >= 11 is 0. The first-order valence-electron chi connectivity index (χ1n) is 5.78. The first-order chi connectivity index (χ1) is 7.76. The first kappa shape index (κ1) is 12.5. The van der Waals surface area contributed by atoms with Gasteiger partial charge in [0.15, 0.2) is 0 Å². The molecule has 0 aromatic heterocycles. The molecule has 0 saturated carbocycles. The number of anilines is 1. The van der Waals surface area contributed by atoms with E-state index in [2.05, 4.69) is 31.0 Å². The summed E-state index contributed by atoms with van der Waals surface area (Å²) in [5, 5.41) is 2.73. The van der Waals surface area contributed by atoms with Gasteiger partial charge < -0.3 is 5.32 Å². The molecule has 86 valence electrons. The van der Waals surface area contributed by atoms with Crippen molar-refractivity contribution in [1.82, 2.24) is 0 Å². The number of hydrogen-bond acceptors (Lipinski definition) is 1. The molecule has 0 heterocycles. The minimum absolute atomic E-state index is 0.168. The van der Waals surface area contributed by atoms with Crippen molar-refractivity contribution >= 4 is 11.6 Å². The van der Waals surface area contributed by atoms with Crippen molar-refractivity contribution in [2.75, 3.05) is 5.32 Å². The molecule has 1 N–H and O–H groups in total. The SMILES string of the molecule is C=CC(=O)Nc1ccc(CCCCC)cc1. The average molecular weight is 217 g/mol. The van der Waals surface area contributed by atoms with Crippen molar-refractivity contribution in [3.8, 4) is 0 Å². The molecule has 1 aromatic rings. The maximum atomic E-state index is 11.0. The van der Waals surface area contributed by atoms with E-state index in [4.69, 9.17) is 0 Å². The van der Waals surface area contributed by atoms with E-state index in [-0.39, 0.29) is 5.91 Å². The van der Waals surface area contributed by atoms with Crippen molar-refractivity contribution in [1.29, 1.82) is 0 Å². The van der Waals surface area contributed by atoms with Gasteiger partial charge in [-0.3, -0.25) is 4.79 Å². The van der Waals surface area contributed by atoms with Gasteiger partial charge in [0.2, 0.25) is 5.91 Å². The molecular weight excluding hydrogens is 198 g/mol. The van der Waals surface area contributed by atoms with Crippen LogP contribution in [0.25, 0.3) is 0 Å². The Hall–Kier alpha value is -1.57. The molecule has 0 saturated heterocycles.